The Balaban J connectivity index is 1.25. The van der Waals surface area contributed by atoms with Crippen molar-refractivity contribution >= 4 is 35.3 Å². The Kier molecular flexibility index (Phi) is 5.52. The first-order valence-electron chi connectivity index (χ1n) is 8.93. The number of fused-ring (bicyclic) bond motifs is 2. The maximum absolute atomic E-state index is 12.6. The highest BCUT2D eigenvalue weighted by Gasteiger charge is 2.45. The lowest BCUT2D eigenvalue weighted by molar-refractivity contribution is -0.126. The number of nitrogens with zero attached hydrogens (tertiary/aromatic N) is 1. The molecule has 3 N–H and O–H groups in total. The standard InChI is InChI=1S/C18H22N4O2S2/c23-14(20-9-11-4-3-7-19-8-11)10-25-18-21-16(24)15-12-5-1-2-6-13(12)26-17(15)22-18/h3-4,7-8,15,17-18,22H,1-2,5-6,9-10H2,(H,20,23)(H,21,24). The van der Waals surface area contributed by atoms with Gasteiger partial charge in [0.1, 0.15) is 5.50 Å². The second-order valence-corrected chi connectivity index (χ2v) is 9.01. The van der Waals surface area contributed by atoms with E-state index in [2.05, 4.69) is 20.9 Å². The molecule has 0 aromatic carbocycles. The highest BCUT2D eigenvalue weighted by atomic mass is 32.2. The van der Waals surface area contributed by atoms with Crippen LogP contribution >= 0.6 is 23.5 Å². The van der Waals surface area contributed by atoms with Gasteiger partial charge in [-0.3, -0.25) is 19.9 Å². The maximum Gasteiger partial charge on any atom is 0.231 e. The van der Waals surface area contributed by atoms with Gasteiger partial charge < -0.3 is 10.6 Å². The molecule has 2 amide bonds. The quantitative estimate of drug-likeness (QED) is 0.713. The first-order chi connectivity index (χ1) is 12.7. The molecule has 6 nitrogen and oxygen atoms in total. The molecule has 1 aromatic heterocycles. The Hall–Kier alpha value is -1.51. The van der Waals surface area contributed by atoms with Crippen molar-refractivity contribution in [3.05, 3.63) is 40.6 Å². The third-order valence-corrected chi connectivity index (χ3v) is 7.30. The summed E-state index contributed by atoms with van der Waals surface area (Å²) in [5.74, 6) is 0.314. The first kappa shape index (κ1) is 17.9. The van der Waals surface area contributed by atoms with Gasteiger partial charge in [0.25, 0.3) is 0 Å². The molecule has 0 radical (unpaired) electrons. The Bertz CT molecular complexity index is 725. The summed E-state index contributed by atoms with van der Waals surface area (Å²) in [6.45, 7) is 0.467. The van der Waals surface area contributed by atoms with Crippen molar-refractivity contribution in [3.8, 4) is 0 Å². The van der Waals surface area contributed by atoms with E-state index in [4.69, 9.17) is 0 Å². The molecule has 2 aliphatic heterocycles. The highest BCUT2D eigenvalue weighted by Crippen LogP contribution is 2.49. The van der Waals surface area contributed by atoms with Gasteiger partial charge in [0, 0.05) is 18.9 Å². The third-order valence-electron chi connectivity index (χ3n) is 4.87. The predicted molar refractivity (Wildman–Crippen MR) is 104 cm³/mol. The number of amides is 2. The number of hydrogen-bond donors (Lipinski definition) is 3. The molecule has 0 bridgehead atoms. The average molecular weight is 391 g/mol. The van der Waals surface area contributed by atoms with E-state index in [9.17, 15) is 9.59 Å². The molecule has 4 rings (SSSR count). The lowest BCUT2D eigenvalue weighted by atomic mass is 9.88. The van der Waals surface area contributed by atoms with E-state index in [0.717, 1.165) is 18.4 Å². The van der Waals surface area contributed by atoms with Crippen LogP contribution in [0.25, 0.3) is 0 Å². The minimum atomic E-state index is -0.221. The van der Waals surface area contributed by atoms with Crippen LogP contribution in [0.5, 0.6) is 0 Å². The molecule has 1 aliphatic carbocycles. The molecule has 3 heterocycles. The van der Waals surface area contributed by atoms with E-state index in [-0.39, 0.29) is 28.6 Å². The van der Waals surface area contributed by atoms with Crippen molar-refractivity contribution in [1.29, 1.82) is 0 Å². The minimum Gasteiger partial charge on any atom is -0.351 e. The van der Waals surface area contributed by atoms with Crippen molar-refractivity contribution in [1.82, 2.24) is 20.9 Å². The molecule has 26 heavy (non-hydrogen) atoms. The van der Waals surface area contributed by atoms with Gasteiger partial charge in [-0.05, 0) is 47.8 Å². The molecule has 8 heteroatoms. The fourth-order valence-electron chi connectivity index (χ4n) is 3.61. The highest BCUT2D eigenvalue weighted by molar-refractivity contribution is 8.04. The van der Waals surface area contributed by atoms with Gasteiger partial charge in [-0.25, -0.2) is 0 Å². The summed E-state index contributed by atoms with van der Waals surface area (Å²) >= 11 is 3.24. The molecule has 0 saturated carbocycles. The topological polar surface area (TPSA) is 83.1 Å². The fourth-order valence-corrected chi connectivity index (χ4v) is 6.13. The van der Waals surface area contributed by atoms with Gasteiger partial charge in [-0.1, -0.05) is 6.07 Å². The SMILES string of the molecule is O=C(CSC1NC(=O)C2C3=C(CCCC3)SC2N1)NCc1cccnc1. The number of carbonyl (C=O) groups excluding carboxylic acids is 2. The number of nitrogens with one attached hydrogen (secondary N) is 3. The van der Waals surface area contributed by atoms with Crippen LogP contribution in [0.3, 0.4) is 0 Å². The van der Waals surface area contributed by atoms with Gasteiger partial charge in [0.05, 0.1) is 17.0 Å². The zero-order valence-corrected chi connectivity index (χ0v) is 16.0. The summed E-state index contributed by atoms with van der Waals surface area (Å²) in [5, 5.41) is 9.52. The number of carbonyl (C=O) groups is 2. The van der Waals surface area contributed by atoms with E-state index < -0.39 is 0 Å². The number of thioether (sulfide) groups is 2. The van der Waals surface area contributed by atoms with Crippen LogP contribution in [0.4, 0.5) is 0 Å². The molecule has 1 saturated heterocycles. The molecule has 1 aromatic rings. The summed E-state index contributed by atoms with van der Waals surface area (Å²) in [6.07, 6.45) is 8.01. The van der Waals surface area contributed by atoms with E-state index in [1.54, 1.807) is 12.4 Å². The zero-order chi connectivity index (χ0) is 17.9. The average Bonchev–Trinajstić information content (AvgIpc) is 3.04. The molecule has 3 unspecified atom stereocenters. The van der Waals surface area contributed by atoms with Crippen molar-refractivity contribution in [2.45, 2.75) is 43.1 Å². The van der Waals surface area contributed by atoms with Crippen LogP contribution in [0.1, 0.15) is 31.2 Å². The molecular weight excluding hydrogens is 368 g/mol. The monoisotopic (exact) mass is 390 g/mol. The second-order valence-electron chi connectivity index (χ2n) is 6.68. The van der Waals surface area contributed by atoms with Gasteiger partial charge in [0.15, 0.2) is 0 Å². The number of aromatic nitrogens is 1. The zero-order valence-electron chi connectivity index (χ0n) is 14.4. The Labute approximate surface area is 161 Å². The van der Waals surface area contributed by atoms with Crippen molar-refractivity contribution in [2.75, 3.05) is 5.75 Å². The smallest absolute Gasteiger partial charge is 0.231 e. The Morgan fingerprint density at radius 2 is 2.27 bits per heavy atom. The summed E-state index contributed by atoms with van der Waals surface area (Å²) in [4.78, 5) is 30.1. The third kappa shape index (κ3) is 3.92. The van der Waals surface area contributed by atoms with Crippen LogP contribution in [-0.2, 0) is 16.1 Å². The largest absolute Gasteiger partial charge is 0.351 e. The van der Waals surface area contributed by atoms with Crippen LogP contribution in [0, 0.1) is 5.92 Å². The van der Waals surface area contributed by atoms with Gasteiger partial charge >= 0.3 is 0 Å². The number of rotatable bonds is 5. The van der Waals surface area contributed by atoms with E-state index in [1.807, 2.05) is 23.9 Å². The molecule has 138 valence electrons. The molecular formula is C18H22N4O2S2. The van der Waals surface area contributed by atoms with Gasteiger partial charge in [0.2, 0.25) is 11.8 Å². The van der Waals surface area contributed by atoms with Crippen LogP contribution in [-0.4, -0.2) is 33.4 Å². The van der Waals surface area contributed by atoms with Crippen LogP contribution in [0.2, 0.25) is 0 Å². The van der Waals surface area contributed by atoms with Crippen LogP contribution in [0.15, 0.2) is 35.0 Å². The van der Waals surface area contributed by atoms with E-state index in [0.29, 0.717) is 12.3 Å². The summed E-state index contributed by atoms with van der Waals surface area (Å²) < 4.78 is 0. The molecule has 3 aliphatic rings. The fraction of sp³-hybridized carbons (Fsp3) is 0.500. The normalized spacial score (nSPS) is 27.5. The van der Waals surface area contributed by atoms with E-state index in [1.165, 1.54) is 35.1 Å². The number of pyridine rings is 1. The predicted octanol–water partition coefficient (Wildman–Crippen LogP) is 1.95. The summed E-state index contributed by atoms with van der Waals surface area (Å²) in [6, 6.07) is 3.77. The van der Waals surface area contributed by atoms with Gasteiger partial charge in [-0.2, -0.15) is 0 Å². The molecule has 3 atom stereocenters. The molecule has 0 spiro atoms. The Morgan fingerprint density at radius 1 is 1.38 bits per heavy atom. The van der Waals surface area contributed by atoms with Gasteiger partial charge in [-0.15, -0.1) is 23.5 Å². The lowest BCUT2D eigenvalue weighted by Crippen LogP contribution is -2.58. The summed E-state index contributed by atoms with van der Waals surface area (Å²) in [7, 11) is 0. The van der Waals surface area contributed by atoms with Crippen molar-refractivity contribution in [2.24, 2.45) is 5.92 Å². The van der Waals surface area contributed by atoms with Crippen LogP contribution < -0.4 is 16.0 Å². The second kappa shape index (κ2) is 8.02. The number of allylic oxidation sites excluding steroid dienone is 1. The van der Waals surface area contributed by atoms with E-state index >= 15 is 0 Å². The maximum atomic E-state index is 12.6. The van der Waals surface area contributed by atoms with Crippen molar-refractivity contribution in [3.63, 3.8) is 0 Å². The summed E-state index contributed by atoms with van der Waals surface area (Å²) in [5.41, 5.74) is 2.09. The Morgan fingerprint density at radius 3 is 3.12 bits per heavy atom. The molecule has 1 fully saturated rings. The lowest BCUT2D eigenvalue weighted by Gasteiger charge is -2.34. The number of hydrogen-bond acceptors (Lipinski definition) is 6. The van der Waals surface area contributed by atoms with Crippen molar-refractivity contribution < 1.29 is 9.59 Å². The minimum absolute atomic E-state index is 0.0356. The first-order valence-corrected chi connectivity index (χ1v) is 10.9.